The Bertz CT molecular complexity index is 2690. The van der Waals surface area contributed by atoms with E-state index in [-0.39, 0.29) is 48.5 Å². The molecule has 5 aromatic carbocycles. The first-order chi connectivity index (χ1) is 27.4. The molecule has 0 aliphatic heterocycles. The van der Waals surface area contributed by atoms with Crippen LogP contribution in [0, 0.1) is 26.8 Å². The predicted octanol–water partition coefficient (Wildman–Crippen LogP) is 14.7. The summed E-state index contributed by atoms with van der Waals surface area (Å²) < 4.78 is 2.24. The van der Waals surface area contributed by atoms with Crippen molar-refractivity contribution >= 4 is 11.0 Å². The maximum atomic E-state index is 11.3. The fraction of sp³-hybridized carbons (Fsp3) is 0.345. The van der Waals surface area contributed by atoms with Crippen molar-refractivity contribution < 1.29 is 26.2 Å². The number of benzene rings is 5. The van der Waals surface area contributed by atoms with Gasteiger partial charge in [-0.3, -0.25) is 9.55 Å². The summed E-state index contributed by atoms with van der Waals surface area (Å²) >= 11 is 0. The Hall–Kier alpha value is -4.79. The van der Waals surface area contributed by atoms with Crippen LogP contribution < -0.4 is 0 Å². The molecule has 2 aromatic heterocycles. The number of nitrogens with zero attached hydrogens (tertiary/aromatic N) is 3. The van der Waals surface area contributed by atoms with Crippen molar-refractivity contribution in [3.05, 3.63) is 142 Å². The Labute approximate surface area is 373 Å². The van der Waals surface area contributed by atoms with E-state index in [1.807, 2.05) is 24.4 Å². The van der Waals surface area contributed by atoms with Crippen LogP contribution >= 0.6 is 0 Å². The fourth-order valence-electron chi connectivity index (χ4n) is 8.45. The maximum Gasteiger partial charge on any atom is 0.148 e. The number of imidazole rings is 1. The first-order valence-corrected chi connectivity index (χ1v) is 21.1. The number of aromatic hydroxyl groups is 1. The molecule has 0 saturated heterocycles. The van der Waals surface area contributed by atoms with E-state index in [1.165, 1.54) is 33.4 Å². The van der Waals surface area contributed by atoms with Crippen molar-refractivity contribution in [1.29, 1.82) is 0 Å². The Morgan fingerprint density at radius 1 is 0.567 bits per heavy atom. The van der Waals surface area contributed by atoms with Gasteiger partial charge in [0, 0.05) is 33.0 Å². The summed E-state index contributed by atoms with van der Waals surface area (Å²) in [6.07, 6.45) is 1.95. The molecule has 1 N–H and O–H groups in total. The van der Waals surface area contributed by atoms with E-state index < -0.39 is 0 Å². The minimum atomic E-state index is -0.216. The molecule has 0 fully saturated rings. The number of fused-ring (bicyclic) bond motifs is 1. The number of hydrogen-bond donors (Lipinski definition) is 1. The molecular formula is C55H62N3OPt-. The molecule has 5 heteroatoms. The number of aromatic nitrogens is 3. The number of pyridine rings is 1. The number of aryl methyl sites for hydroxylation is 3. The topological polar surface area (TPSA) is 50.9 Å². The quantitative estimate of drug-likeness (QED) is 0.175. The molecule has 0 bridgehead atoms. The van der Waals surface area contributed by atoms with Crippen LogP contribution in [0.3, 0.4) is 0 Å². The van der Waals surface area contributed by atoms with Crippen molar-refractivity contribution in [3.8, 4) is 56.3 Å². The van der Waals surface area contributed by atoms with Gasteiger partial charge in [0.25, 0.3) is 0 Å². The first kappa shape index (κ1) is 44.8. The van der Waals surface area contributed by atoms with Crippen LogP contribution in [0.2, 0.25) is 0 Å². The van der Waals surface area contributed by atoms with E-state index in [0.29, 0.717) is 11.4 Å². The van der Waals surface area contributed by atoms with Gasteiger partial charge in [0.1, 0.15) is 11.6 Å². The normalized spacial score (nSPS) is 12.5. The van der Waals surface area contributed by atoms with Crippen LogP contribution in [-0.2, 0) is 42.7 Å². The van der Waals surface area contributed by atoms with Crippen molar-refractivity contribution in [1.82, 2.24) is 14.5 Å². The zero-order valence-electron chi connectivity index (χ0n) is 38.3. The molecule has 0 unspecified atom stereocenters. The predicted molar refractivity (Wildman–Crippen MR) is 250 cm³/mol. The van der Waals surface area contributed by atoms with Gasteiger partial charge in [0.05, 0.1) is 22.3 Å². The van der Waals surface area contributed by atoms with Crippen molar-refractivity contribution in [3.63, 3.8) is 0 Å². The summed E-state index contributed by atoms with van der Waals surface area (Å²) in [7, 11) is 0. The average molecular weight is 976 g/mol. The van der Waals surface area contributed by atoms with Crippen molar-refractivity contribution in [2.75, 3.05) is 0 Å². The SMILES string of the molecule is Cc1cc(C)c(-n2c(-c3ccccc3O)nc3c(-c4[c-]c(-c5cc(-c6cc(C(C)(C)C)cc(C(C)(C)C)c6)ccn5)c(C(C)(C)C)cc4C(C)(C)C)cccc32)c(C)c1.[Pt]. The molecule has 0 radical (unpaired) electrons. The third-order valence-corrected chi connectivity index (χ3v) is 11.7. The molecule has 0 spiro atoms. The van der Waals surface area contributed by atoms with Gasteiger partial charge in [-0.05, 0) is 100 Å². The molecule has 4 nitrogen and oxygen atoms in total. The third kappa shape index (κ3) is 8.55. The zero-order chi connectivity index (χ0) is 43.0. The fourth-order valence-corrected chi connectivity index (χ4v) is 8.45. The summed E-state index contributed by atoms with van der Waals surface area (Å²) in [6.45, 7) is 33.9. The van der Waals surface area contributed by atoms with E-state index in [1.54, 1.807) is 6.07 Å². The molecule has 0 aliphatic carbocycles. The molecule has 7 aromatic rings. The number of phenols is 1. The average Bonchev–Trinajstić information content (AvgIpc) is 3.51. The maximum absolute atomic E-state index is 11.3. The van der Waals surface area contributed by atoms with Crippen molar-refractivity contribution in [2.45, 2.75) is 126 Å². The second kappa shape index (κ2) is 15.9. The minimum Gasteiger partial charge on any atom is -0.507 e. The molecule has 0 amide bonds. The summed E-state index contributed by atoms with van der Waals surface area (Å²) in [5.74, 6) is 0.895. The van der Waals surface area contributed by atoms with Gasteiger partial charge >= 0.3 is 0 Å². The van der Waals surface area contributed by atoms with Crippen LogP contribution in [0.1, 0.15) is 122 Å². The van der Waals surface area contributed by atoms with Gasteiger partial charge < -0.3 is 5.11 Å². The van der Waals surface area contributed by atoms with Crippen LogP contribution in [0.5, 0.6) is 5.75 Å². The standard InChI is InChI=1S/C55H62N3O.Pt/c1-33-25-34(2)50(35(3)26-33)58-47-21-18-20-40(49(47)57-51(58)41-19-16-17-22-48(41)59)42-31-43(45(55(13,14)15)32-44(42)54(10,11)12)46-29-36(23-24-56-46)37-27-38(52(4,5)6)30-39(28-37)53(7,8)9;/h16-30,32,59H,1-15H3;/q-1;. The Kier molecular flexibility index (Phi) is 11.9. The largest absolute Gasteiger partial charge is 0.507 e. The number of phenolic OH excluding ortho intramolecular Hbond substituents is 1. The van der Waals surface area contributed by atoms with Gasteiger partial charge in [-0.15, -0.1) is 28.8 Å². The molecule has 314 valence electrons. The Balaban J connectivity index is 0.00000604. The summed E-state index contributed by atoms with van der Waals surface area (Å²) in [5.41, 5.74) is 18.0. The second-order valence-corrected chi connectivity index (χ2v) is 20.8. The van der Waals surface area contributed by atoms with Gasteiger partial charge in [-0.2, -0.15) is 0 Å². The Morgan fingerprint density at radius 3 is 1.70 bits per heavy atom. The van der Waals surface area contributed by atoms with Crippen LogP contribution in [0.4, 0.5) is 0 Å². The molecule has 0 saturated carbocycles. The number of para-hydroxylation sites is 2. The number of rotatable bonds is 5. The van der Waals surface area contributed by atoms with Gasteiger partial charge in [-0.25, -0.2) is 4.98 Å². The zero-order valence-corrected chi connectivity index (χ0v) is 40.6. The van der Waals surface area contributed by atoms with E-state index in [9.17, 15) is 5.11 Å². The Morgan fingerprint density at radius 2 is 1.13 bits per heavy atom. The van der Waals surface area contributed by atoms with Crippen LogP contribution in [-0.4, -0.2) is 19.6 Å². The molecule has 60 heavy (non-hydrogen) atoms. The second-order valence-electron chi connectivity index (χ2n) is 20.8. The minimum absolute atomic E-state index is 0. The summed E-state index contributed by atoms with van der Waals surface area (Å²) in [4.78, 5) is 10.6. The monoisotopic (exact) mass is 975 g/mol. The smallest absolute Gasteiger partial charge is 0.148 e. The van der Waals surface area contributed by atoms with E-state index in [0.717, 1.165) is 55.8 Å². The van der Waals surface area contributed by atoms with Crippen LogP contribution in [0.25, 0.3) is 61.6 Å². The third-order valence-electron chi connectivity index (χ3n) is 11.7. The molecule has 0 atom stereocenters. The molecule has 0 aliphatic rings. The van der Waals surface area contributed by atoms with E-state index in [2.05, 4.69) is 181 Å². The van der Waals surface area contributed by atoms with Crippen molar-refractivity contribution in [2.24, 2.45) is 0 Å². The van der Waals surface area contributed by atoms with Gasteiger partial charge in [0.15, 0.2) is 0 Å². The van der Waals surface area contributed by atoms with Crippen LogP contribution in [0.15, 0.2) is 97.2 Å². The number of hydrogen-bond acceptors (Lipinski definition) is 3. The van der Waals surface area contributed by atoms with Gasteiger partial charge in [0.2, 0.25) is 0 Å². The molecule has 7 rings (SSSR count). The summed E-state index contributed by atoms with van der Waals surface area (Å²) in [6, 6.07) is 36.4. The van der Waals surface area contributed by atoms with Gasteiger partial charge in [-0.1, -0.05) is 160 Å². The molecular weight excluding hydrogens is 914 g/mol. The van der Waals surface area contributed by atoms with E-state index in [4.69, 9.17) is 9.97 Å². The molecule has 2 heterocycles. The summed E-state index contributed by atoms with van der Waals surface area (Å²) in [5, 5.41) is 11.3. The first-order valence-electron chi connectivity index (χ1n) is 21.1. The van der Waals surface area contributed by atoms with E-state index >= 15 is 0 Å².